The molecule has 0 saturated carbocycles. The number of ether oxygens (including phenoxy) is 1. The van der Waals surface area contributed by atoms with Gasteiger partial charge in [0.05, 0.1) is 5.60 Å². The van der Waals surface area contributed by atoms with Crippen LogP contribution in [0.1, 0.15) is 83.7 Å². The van der Waals surface area contributed by atoms with Crippen molar-refractivity contribution in [2.24, 2.45) is 11.3 Å². The second-order valence-corrected chi connectivity index (χ2v) is 9.89. The van der Waals surface area contributed by atoms with E-state index in [-0.39, 0.29) is 16.8 Å². The fourth-order valence-corrected chi connectivity index (χ4v) is 4.52. The number of hydrogen-bond donors (Lipinski definition) is 0. The fourth-order valence-electron chi connectivity index (χ4n) is 4.52. The molecule has 0 fully saturated rings. The van der Waals surface area contributed by atoms with Crippen LogP contribution >= 0.6 is 0 Å². The van der Waals surface area contributed by atoms with E-state index in [1.54, 1.807) is 0 Å². The van der Waals surface area contributed by atoms with Crippen molar-refractivity contribution < 1.29 is 9.53 Å². The lowest BCUT2D eigenvalue weighted by molar-refractivity contribution is -0.0845. The molecule has 3 rings (SSSR count). The van der Waals surface area contributed by atoms with Gasteiger partial charge in [0.25, 0.3) is 0 Å². The number of allylic oxidation sites excluding steroid dienone is 1. The van der Waals surface area contributed by atoms with Gasteiger partial charge in [-0.05, 0) is 75.0 Å². The maximum Gasteiger partial charge on any atom is 0.199 e. The van der Waals surface area contributed by atoms with Crippen LogP contribution in [0, 0.1) is 11.3 Å². The monoisotopic (exact) mass is 340 g/mol. The third kappa shape index (κ3) is 3.21. The van der Waals surface area contributed by atoms with E-state index in [2.05, 4.69) is 26.8 Å². The van der Waals surface area contributed by atoms with Gasteiger partial charge in [0.1, 0.15) is 0 Å². The smallest absolute Gasteiger partial charge is 0.199 e. The number of ketones is 1. The Labute approximate surface area is 152 Å². The van der Waals surface area contributed by atoms with Gasteiger partial charge in [0.15, 0.2) is 11.4 Å². The summed E-state index contributed by atoms with van der Waals surface area (Å²) in [5, 5.41) is 0. The van der Waals surface area contributed by atoms with Crippen molar-refractivity contribution >= 4 is 11.4 Å². The maximum atomic E-state index is 13.5. The maximum absolute atomic E-state index is 13.5. The van der Waals surface area contributed by atoms with E-state index < -0.39 is 5.60 Å². The molecule has 0 amide bonds. The van der Waals surface area contributed by atoms with Gasteiger partial charge in [0.2, 0.25) is 0 Å². The Morgan fingerprint density at radius 2 is 1.64 bits per heavy atom. The number of carbonyl (C=O) groups excluding carboxylic acids is 1. The van der Waals surface area contributed by atoms with Gasteiger partial charge in [-0.3, -0.25) is 4.79 Å². The first-order valence-electron chi connectivity index (χ1n) is 9.50. The zero-order chi connectivity index (χ0) is 18.6. The van der Waals surface area contributed by atoms with Gasteiger partial charge in [-0.15, -0.1) is 0 Å². The van der Waals surface area contributed by atoms with Crippen LogP contribution < -0.4 is 0 Å². The molecule has 0 radical (unpaired) electrons. The number of hydrogen-bond acceptors (Lipinski definition) is 2. The Balaban J connectivity index is 2.17. The summed E-state index contributed by atoms with van der Waals surface area (Å²) >= 11 is 0. The van der Waals surface area contributed by atoms with Crippen molar-refractivity contribution in [3.63, 3.8) is 0 Å². The fraction of sp³-hybridized carbons (Fsp3) is 0.609. The molecule has 0 bridgehead atoms. The summed E-state index contributed by atoms with van der Waals surface area (Å²) in [6.07, 6.45) is 3.16. The molecule has 2 unspecified atom stereocenters. The van der Waals surface area contributed by atoms with E-state index in [4.69, 9.17) is 4.74 Å². The summed E-state index contributed by atoms with van der Waals surface area (Å²) in [6, 6.07) is 8.07. The predicted octanol–water partition coefficient (Wildman–Crippen LogP) is 6.06. The van der Waals surface area contributed by atoms with E-state index in [9.17, 15) is 4.79 Å². The average molecular weight is 341 g/mol. The molecule has 1 aromatic rings. The molecular formula is C23H32O2. The van der Waals surface area contributed by atoms with Crippen molar-refractivity contribution in [2.75, 3.05) is 0 Å². The van der Waals surface area contributed by atoms with Crippen LogP contribution in [0.25, 0.3) is 5.57 Å². The topological polar surface area (TPSA) is 26.3 Å². The van der Waals surface area contributed by atoms with Crippen molar-refractivity contribution in [1.29, 1.82) is 0 Å². The van der Waals surface area contributed by atoms with Crippen LogP contribution in [-0.4, -0.2) is 17.0 Å². The Kier molecular flexibility index (Phi) is 4.27. The van der Waals surface area contributed by atoms with Gasteiger partial charge in [0, 0.05) is 5.56 Å². The molecule has 25 heavy (non-hydrogen) atoms. The zero-order valence-corrected chi connectivity index (χ0v) is 16.8. The molecule has 0 heterocycles. The van der Waals surface area contributed by atoms with Crippen LogP contribution in [-0.2, 0) is 4.74 Å². The predicted molar refractivity (Wildman–Crippen MR) is 104 cm³/mol. The third-order valence-electron chi connectivity index (χ3n) is 5.80. The van der Waals surface area contributed by atoms with Crippen LogP contribution in [0.5, 0.6) is 0 Å². The lowest BCUT2D eigenvalue weighted by Gasteiger charge is -2.46. The highest BCUT2D eigenvalue weighted by Crippen LogP contribution is 2.51. The van der Waals surface area contributed by atoms with Gasteiger partial charge in [-0.2, -0.15) is 0 Å². The largest absolute Gasteiger partial charge is 0.357 e. The first-order chi connectivity index (χ1) is 11.4. The molecular weight excluding hydrogens is 308 g/mol. The third-order valence-corrected chi connectivity index (χ3v) is 5.80. The summed E-state index contributed by atoms with van der Waals surface area (Å²) in [5.74, 6) is 0.693. The summed E-state index contributed by atoms with van der Waals surface area (Å²) in [4.78, 5) is 13.5. The Bertz CT molecular complexity index is 727. The minimum Gasteiger partial charge on any atom is -0.357 e. The minimum atomic E-state index is -0.855. The highest BCUT2D eigenvalue weighted by molar-refractivity contribution is 6.12. The van der Waals surface area contributed by atoms with E-state index in [0.717, 1.165) is 24.0 Å². The van der Waals surface area contributed by atoms with Crippen molar-refractivity contribution in [1.82, 2.24) is 0 Å². The molecule has 136 valence electrons. The minimum absolute atomic E-state index is 0.117. The molecule has 1 aromatic carbocycles. The number of rotatable bonds is 1. The summed E-state index contributed by atoms with van der Waals surface area (Å²) in [7, 11) is 0. The molecule has 2 heteroatoms. The highest BCUT2D eigenvalue weighted by atomic mass is 16.5. The van der Waals surface area contributed by atoms with Gasteiger partial charge in [-0.1, -0.05) is 45.0 Å². The van der Waals surface area contributed by atoms with Crippen LogP contribution in [0.4, 0.5) is 0 Å². The SMILES string of the molecule is CC(C)(C)OC1(C)C(=O)c2ccccc2C2=C1CC(C(C)(C)C)CC2. The van der Waals surface area contributed by atoms with Crippen LogP contribution in [0.15, 0.2) is 29.8 Å². The van der Waals surface area contributed by atoms with E-state index in [1.165, 1.54) is 17.6 Å². The van der Waals surface area contributed by atoms with E-state index in [1.807, 2.05) is 45.9 Å². The average Bonchev–Trinajstić information content (AvgIpc) is 2.50. The number of fused-ring (bicyclic) bond motifs is 2. The summed E-state index contributed by atoms with van der Waals surface area (Å²) in [6.45, 7) is 15.0. The normalized spacial score (nSPS) is 27.2. The number of benzene rings is 1. The van der Waals surface area contributed by atoms with Crippen molar-refractivity contribution in [3.05, 3.63) is 41.0 Å². The molecule has 0 aromatic heterocycles. The standard InChI is InChI=1S/C23H32O2/c1-21(2,3)15-12-13-17-16-10-8-9-11-18(16)20(24)23(7,19(17)14-15)25-22(4,5)6/h8-11,15H,12-14H2,1-7H3. The lowest BCUT2D eigenvalue weighted by Crippen LogP contribution is -2.49. The molecule has 0 spiro atoms. The molecule has 2 atom stereocenters. The van der Waals surface area contributed by atoms with Gasteiger partial charge in [-0.25, -0.2) is 0 Å². The van der Waals surface area contributed by atoms with Gasteiger partial charge >= 0.3 is 0 Å². The zero-order valence-electron chi connectivity index (χ0n) is 16.8. The second-order valence-electron chi connectivity index (χ2n) is 9.89. The van der Waals surface area contributed by atoms with Crippen molar-refractivity contribution in [2.45, 2.75) is 78.9 Å². The van der Waals surface area contributed by atoms with Crippen LogP contribution in [0.3, 0.4) is 0 Å². The molecule has 2 aliphatic rings. The van der Waals surface area contributed by atoms with Crippen molar-refractivity contribution in [3.8, 4) is 0 Å². The molecule has 2 nitrogen and oxygen atoms in total. The molecule has 2 aliphatic carbocycles. The Morgan fingerprint density at radius 1 is 1.04 bits per heavy atom. The van der Waals surface area contributed by atoms with Crippen LogP contribution in [0.2, 0.25) is 0 Å². The second kappa shape index (κ2) is 5.81. The Morgan fingerprint density at radius 3 is 2.20 bits per heavy atom. The molecule has 0 aliphatic heterocycles. The van der Waals surface area contributed by atoms with E-state index in [0.29, 0.717) is 5.92 Å². The Hall–Kier alpha value is -1.41. The first-order valence-corrected chi connectivity index (χ1v) is 9.50. The molecule has 0 saturated heterocycles. The highest BCUT2D eigenvalue weighted by Gasteiger charge is 2.49. The number of Topliss-reactive ketones (excluding diaryl/α,β-unsaturated/α-hetero) is 1. The number of carbonyl (C=O) groups is 1. The van der Waals surface area contributed by atoms with E-state index >= 15 is 0 Å². The molecule has 0 N–H and O–H groups in total. The summed E-state index contributed by atoms with van der Waals surface area (Å²) < 4.78 is 6.46. The van der Waals surface area contributed by atoms with Gasteiger partial charge < -0.3 is 4.74 Å². The quantitative estimate of drug-likeness (QED) is 0.621. The summed E-state index contributed by atoms with van der Waals surface area (Å²) in [5.41, 5.74) is 3.53. The first kappa shape index (κ1) is 18.4. The lowest BCUT2D eigenvalue weighted by atomic mass is 9.63.